The van der Waals surface area contributed by atoms with E-state index < -0.39 is 6.29 Å². The topological polar surface area (TPSA) is 67.8 Å². The number of rotatable bonds is 8. The summed E-state index contributed by atoms with van der Waals surface area (Å²) in [6, 6.07) is 8.05. The van der Waals surface area contributed by atoms with Gasteiger partial charge in [-0.3, -0.25) is 4.79 Å². The Morgan fingerprint density at radius 2 is 2.07 bits per heavy atom. The van der Waals surface area contributed by atoms with Crippen LogP contribution in [0.5, 0.6) is 0 Å². The molecule has 0 saturated heterocycles. The Hall–Kier alpha value is -2.29. The monoisotopic (exact) mass is 369 g/mol. The highest BCUT2D eigenvalue weighted by Gasteiger charge is 2.30. The van der Waals surface area contributed by atoms with Crippen molar-refractivity contribution in [3.8, 4) is 12.3 Å². The van der Waals surface area contributed by atoms with E-state index in [-0.39, 0.29) is 24.5 Å². The molecule has 0 spiro atoms. The molecular weight excluding hydrogens is 342 g/mol. The van der Waals surface area contributed by atoms with Gasteiger partial charge in [0.05, 0.1) is 6.61 Å². The van der Waals surface area contributed by atoms with Crippen molar-refractivity contribution in [2.75, 3.05) is 13.2 Å². The first-order chi connectivity index (χ1) is 13.2. The van der Waals surface area contributed by atoms with Gasteiger partial charge in [-0.05, 0) is 55.9 Å². The van der Waals surface area contributed by atoms with Crippen LogP contribution in [0.2, 0.25) is 0 Å². The number of terminal acetylenes is 1. The fraction of sp³-hybridized carbons (Fsp3) is 0.500. The van der Waals surface area contributed by atoms with Gasteiger partial charge in [0.2, 0.25) is 6.29 Å². The lowest BCUT2D eigenvalue weighted by atomic mass is 9.91. The summed E-state index contributed by atoms with van der Waals surface area (Å²) in [6.45, 7) is 0.638. The zero-order valence-corrected chi connectivity index (χ0v) is 15.5. The second kappa shape index (κ2) is 9.59. The Labute approximate surface area is 160 Å². The molecule has 2 N–H and O–H groups in total. The van der Waals surface area contributed by atoms with E-state index in [9.17, 15) is 4.79 Å². The molecule has 1 aromatic rings. The molecule has 1 saturated carbocycles. The van der Waals surface area contributed by atoms with Crippen molar-refractivity contribution < 1.29 is 19.4 Å². The Balaban J connectivity index is 1.71. The number of nitrogens with one attached hydrogen (secondary N) is 1. The molecule has 1 amide bonds. The van der Waals surface area contributed by atoms with Crippen LogP contribution in [-0.4, -0.2) is 36.6 Å². The van der Waals surface area contributed by atoms with Crippen LogP contribution in [-0.2, 0) is 14.3 Å². The number of hydrogen-bond donors (Lipinski definition) is 2. The molecule has 1 fully saturated rings. The Morgan fingerprint density at radius 1 is 1.30 bits per heavy atom. The summed E-state index contributed by atoms with van der Waals surface area (Å²) in [5, 5.41) is 11.9. The lowest BCUT2D eigenvalue weighted by Crippen LogP contribution is -2.42. The second-order valence-corrected chi connectivity index (χ2v) is 7.09. The Bertz CT molecular complexity index is 700. The highest BCUT2D eigenvalue weighted by atomic mass is 16.7. The van der Waals surface area contributed by atoms with E-state index in [0.717, 1.165) is 36.8 Å². The molecule has 1 aliphatic carbocycles. The molecule has 1 aliphatic heterocycles. The van der Waals surface area contributed by atoms with Gasteiger partial charge in [0, 0.05) is 30.6 Å². The Morgan fingerprint density at radius 3 is 2.70 bits per heavy atom. The molecule has 5 nitrogen and oxygen atoms in total. The minimum absolute atomic E-state index is 0.0237. The summed E-state index contributed by atoms with van der Waals surface area (Å²) in [7, 11) is 0. The number of aliphatic hydroxyl groups is 1. The predicted molar refractivity (Wildman–Crippen MR) is 103 cm³/mol. The van der Waals surface area contributed by atoms with Crippen LogP contribution in [0.3, 0.4) is 0 Å². The molecule has 2 atom stereocenters. The average Bonchev–Trinajstić information content (AvgIpc) is 2.67. The third kappa shape index (κ3) is 5.35. The largest absolute Gasteiger partial charge is 0.459 e. The van der Waals surface area contributed by atoms with E-state index >= 15 is 0 Å². The second-order valence-electron chi connectivity index (χ2n) is 7.09. The van der Waals surface area contributed by atoms with Crippen molar-refractivity contribution in [2.24, 2.45) is 0 Å². The molecule has 144 valence electrons. The number of unbranched alkanes of at least 4 members (excludes halogenated alkanes) is 1. The van der Waals surface area contributed by atoms with Crippen molar-refractivity contribution in [3.63, 3.8) is 0 Å². The number of carbonyl (C=O) groups is 1. The number of allylic oxidation sites excluding steroid dienone is 1. The van der Waals surface area contributed by atoms with Crippen molar-refractivity contribution in [1.82, 2.24) is 5.32 Å². The third-order valence-electron chi connectivity index (χ3n) is 5.08. The highest BCUT2D eigenvalue weighted by molar-refractivity contribution is 5.92. The number of ether oxygens (including phenoxy) is 2. The fourth-order valence-electron chi connectivity index (χ4n) is 3.21. The quantitative estimate of drug-likeness (QED) is 0.546. The van der Waals surface area contributed by atoms with Gasteiger partial charge >= 0.3 is 0 Å². The summed E-state index contributed by atoms with van der Waals surface area (Å²) in [6.07, 6.45) is 12.1. The summed E-state index contributed by atoms with van der Waals surface area (Å²) < 4.78 is 11.6. The van der Waals surface area contributed by atoms with Crippen LogP contribution in [0.25, 0.3) is 0 Å². The van der Waals surface area contributed by atoms with Gasteiger partial charge in [0.1, 0.15) is 0 Å². The maximum atomic E-state index is 12.6. The molecule has 0 aromatic heterocycles. The van der Waals surface area contributed by atoms with Crippen LogP contribution in [0.15, 0.2) is 36.1 Å². The fourth-order valence-corrected chi connectivity index (χ4v) is 3.21. The van der Waals surface area contributed by atoms with Crippen molar-refractivity contribution in [2.45, 2.75) is 56.8 Å². The minimum atomic E-state index is -0.479. The zero-order chi connectivity index (χ0) is 19.1. The molecule has 0 unspecified atom stereocenters. The molecule has 0 radical (unpaired) electrons. The lowest BCUT2D eigenvalue weighted by Gasteiger charge is -2.31. The van der Waals surface area contributed by atoms with Gasteiger partial charge in [0.25, 0.3) is 5.91 Å². The standard InChI is InChI=1S/C22H27NO4/c1-2-16-8-10-17(11-9-16)18-14-20(22(25)23-19-6-5-7-19)27-21(15-18)26-13-4-3-12-24/h1,8-11,14,18-19,21,24H,3-7,12-13,15H2,(H,23,25)/t18-,21+/m1/s1. The number of amides is 1. The van der Waals surface area contributed by atoms with Gasteiger partial charge in [-0.25, -0.2) is 0 Å². The SMILES string of the molecule is C#Cc1ccc([C@@H]2C=C(C(=O)NC3CCC3)O[C@H](OCCCCO)C2)cc1. The van der Waals surface area contributed by atoms with Gasteiger partial charge in [0.15, 0.2) is 5.76 Å². The molecule has 27 heavy (non-hydrogen) atoms. The van der Waals surface area contributed by atoms with Gasteiger partial charge < -0.3 is 19.9 Å². The van der Waals surface area contributed by atoms with Crippen molar-refractivity contribution in [3.05, 3.63) is 47.2 Å². The Kier molecular flexibility index (Phi) is 6.92. The predicted octanol–water partition coefficient (Wildman–Crippen LogP) is 2.84. The average molecular weight is 369 g/mol. The zero-order valence-electron chi connectivity index (χ0n) is 15.5. The van der Waals surface area contributed by atoms with E-state index in [4.69, 9.17) is 21.0 Å². The van der Waals surface area contributed by atoms with Crippen LogP contribution in [0.4, 0.5) is 0 Å². The first-order valence-corrected chi connectivity index (χ1v) is 9.68. The first-order valence-electron chi connectivity index (χ1n) is 9.68. The van der Waals surface area contributed by atoms with E-state index in [1.807, 2.05) is 30.3 Å². The molecule has 5 heteroatoms. The molecule has 2 aliphatic rings. The first kappa shape index (κ1) is 19.5. The number of benzene rings is 1. The van der Waals surface area contributed by atoms with Gasteiger partial charge in [-0.15, -0.1) is 6.42 Å². The number of aliphatic hydroxyl groups excluding tert-OH is 1. The van der Waals surface area contributed by atoms with Crippen LogP contribution >= 0.6 is 0 Å². The summed E-state index contributed by atoms with van der Waals surface area (Å²) in [4.78, 5) is 12.6. The number of carbonyl (C=O) groups excluding carboxylic acids is 1. The summed E-state index contributed by atoms with van der Waals surface area (Å²) in [5.74, 6) is 2.79. The smallest absolute Gasteiger partial charge is 0.286 e. The summed E-state index contributed by atoms with van der Waals surface area (Å²) in [5.41, 5.74) is 1.91. The minimum Gasteiger partial charge on any atom is -0.459 e. The van der Waals surface area contributed by atoms with Gasteiger partial charge in [-0.1, -0.05) is 18.1 Å². The summed E-state index contributed by atoms with van der Waals surface area (Å²) >= 11 is 0. The van der Waals surface area contributed by atoms with E-state index in [0.29, 0.717) is 25.2 Å². The maximum Gasteiger partial charge on any atom is 0.286 e. The van der Waals surface area contributed by atoms with Crippen molar-refractivity contribution in [1.29, 1.82) is 0 Å². The van der Waals surface area contributed by atoms with E-state index in [2.05, 4.69) is 11.2 Å². The van der Waals surface area contributed by atoms with Crippen molar-refractivity contribution >= 4 is 5.91 Å². The molecule has 1 aromatic carbocycles. The molecule has 3 rings (SSSR count). The normalized spacial score (nSPS) is 22.1. The molecule has 1 heterocycles. The number of hydrogen-bond acceptors (Lipinski definition) is 4. The third-order valence-corrected chi connectivity index (χ3v) is 5.08. The van der Waals surface area contributed by atoms with Crippen LogP contribution in [0, 0.1) is 12.3 Å². The lowest BCUT2D eigenvalue weighted by molar-refractivity contribution is -0.147. The van der Waals surface area contributed by atoms with Crippen LogP contribution in [0.1, 0.15) is 55.6 Å². The maximum absolute atomic E-state index is 12.6. The van der Waals surface area contributed by atoms with E-state index in [1.165, 1.54) is 0 Å². The molecule has 0 bridgehead atoms. The molecular formula is C22H27NO4. The van der Waals surface area contributed by atoms with E-state index in [1.54, 1.807) is 0 Å². The highest BCUT2D eigenvalue weighted by Crippen LogP contribution is 2.32. The van der Waals surface area contributed by atoms with Gasteiger partial charge in [-0.2, -0.15) is 0 Å². The van der Waals surface area contributed by atoms with Crippen LogP contribution < -0.4 is 5.32 Å².